The third kappa shape index (κ3) is 4.99. The number of ether oxygens (including phenoxy) is 2. The third-order valence-electron chi connectivity index (χ3n) is 5.08. The Kier molecular flexibility index (Phi) is 6.84. The lowest BCUT2D eigenvalue weighted by Gasteiger charge is -2.40. The number of likely N-dealkylation sites (N-methyl/N-ethyl adjacent to an activating group) is 1. The van der Waals surface area contributed by atoms with Crippen LogP contribution in [0.4, 0.5) is 21.0 Å². The zero-order valence-corrected chi connectivity index (χ0v) is 19.0. The number of rotatable bonds is 5. The molecule has 0 saturated carbocycles. The Labute approximate surface area is 183 Å². The molecule has 0 N–H and O–H groups in total. The number of anilines is 2. The van der Waals surface area contributed by atoms with Gasteiger partial charge >= 0.3 is 12.2 Å². The molecule has 3 rings (SSSR count). The van der Waals surface area contributed by atoms with Crippen molar-refractivity contribution >= 4 is 23.6 Å². The van der Waals surface area contributed by atoms with Crippen molar-refractivity contribution in [2.75, 3.05) is 44.1 Å². The zero-order valence-electron chi connectivity index (χ0n) is 19.0. The molecule has 0 fully saturated rings. The molecular formula is C22H31N5O4. The molecular weight excluding hydrogens is 398 g/mol. The first-order chi connectivity index (χ1) is 14.7. The van der Waals surface area contributed by atoms with Gasteiger partial charge in [-0.05, 0) is 52.6 Å². The molecule has 2 aromatic rings. The fourth-order valence-corrected chi connectivity index (χ4v) is 3.56. The maximum atomic E-state index is 12.8. The number of fused-ring (bicyclic) bond motifs is 1. The molecule has 9 nitrogen and oxygen atoms in total. The van der Waals surface area contributed by atoms with Gasteiger partial charge in [0, 0.05) is 18.3 Å². The molecule has 1 aliphatic rings. The number of carbonyl (C=O) groups is 2. The Balaban J connectivity index is 2.00. The topological polar surface area (TPSA) is 80.1 Å². The third-order valence-corrected chi connectivity index (χ3v) is 5.08. The van der Waals surface area contributed by atoms with Crippen LogP contribution in [0.5, 0.6) is 0 Å². The van der Waals surface area contributed by atoms with E-state index in [1.165, 1.54) is 7.11 Å². The van der Waals surface area contributed by atoms with Gasteiger partial charge < -0.3 is 14.4 Å². The van der Waals surface area contributed by atoms with Gasteiger partial charge in [-0.15, -0.1) is 0 Å². The number of aromatic nitrogens is 2. The molecule has 0 radical (unpaired) electrons. The van der Waals surface area contributed by atoms with E-state index < -0.39 is 12.2 Å². The summed E-state index contributed by atoms with van der Waals surface area (Å²) in [5, 5.41) is 4.44. The lowest BCUT2D eigenvalue weighted by molar-refractivity contribution is 0.121. The highest BCUT2D eigenvalue weighted by Gasteiger charge is 2.36. The van der Waals surface area contributed by atoms with E-state index in [1.54, 1.807) is 16.0 Å². The van der Waals surface area contributed by atoms with Gasteiger partial charge in [-0.3, -0.25) is 14.5 Å². The fourth-order valence-electron chi connectivity index (χ4n) is 3.56. The number of hydrogen-bond donors (Lipinski definition) is 0. The van der Waals surface area contributed by atoms with Crippen LogP contribution in [0.2, 0.25) is 0 Å². The predicted molar refractivity (Wildman–Crippen MR) is 120 cm³/mol. The number of benzene rings is 1. The summed E-state index contributed by atoms with van der Waals surface area (Å²) in [5.41, 5.74) is 3.04. The standard InChI is InChI=1S/C22H31N5O4/c1-15(2)31-21(28)26-13-16(3)27(22(29)30-6)19-8-7-17(11-20(19)26)18-12-23-25(14-18)10-9-24(4)5/h7-8,11-12,14-16H,9-10,13H2,1-6H3/t16-/m0/s1. The van der Waals surface area contributed by atoms with Crippen LogP contribution in [-0.4, -0.2) is 73.3 Å². The van der Waals surface area contributed by atoms with Crippen LogP contribution in [-0.2, 0) is 16.0 Å². The maximum Gasteiger partial charge on any atom is 0.414 e. The minimum Gasteiger partial charge on any atom is -0.452 e. The molecule has 31 heavy (non-hydrogen) atoms. The molecule has 0 saturated heterocycles. The predicted octanol–water partition coefficient (Wildman–Crippen LogP) is 3.44. The molecule has 168 valence electrons. The van der Waals surface area contributed by atoms with Crippen LogP contribution in [0.3, 0.4) is 0 Å². The molecule has 0 aliphatic carbocycles. The van der Waals surface area contributed by atoms with E-state index in [0.717, 1.165) is 24.2 Å². The second-order valence-electron chi connectivity index (χ2n) is 8.23. The monoisotopic (exact) mass is 429 g/mol. The van der Waals surface area contributed by atoms with Gasteiger partial charge in [-0.25, -0.2) is 9.59 Å². The Morgan fingerprint density at radius 3 is 2.58 bits per heavy atom. The van der Waals surface area contributed by atoms with Crippen molar-refractivity contribution in [2.45, 2.75) is 39.5 Å². The average molecular weight is 430 g/mol. The summed E-state index contributed by atoms with van der Waals surface area (Å²) in [4.78, 5) is 30.5. The van der Waals surface area contributed by atoms with Gasteiger partial charge in [-0.2, -0.15) is 5.10 Å². The summed E-state index contributed by atoms with van der Waals surface area (Å²) in [6.45, 7) is 7.46. The fraction of sp³-hybridized carbons (Fsp3) is 0.500. The van der Waals surface area contributed by atoms with Gasteiger partial charge in [0.05, 0.1) is 49.9 Å². The highest BCUT2D eigenvalue weighted by atomic mass is 16.6. The molecule has 0 spiro atoms. The molecule has 2 heterocycles. The van der Waals surface area contributed by atoms with E-state index in [-0.39, 0.29) is 12.1 Å². The van der Waals surface area contributed by atoms with Crippen molar-refractivity contribution in [3.63, 3.8) is 0 Å². The van der Waals surface area contributed by atoms with Gasteiger partial charge in [0.25, 0.3) is 0 Å². The van der Waals surface area contributed by atoms with Crippen LogP contribution in [0.1, 0.15) is 20.8 Å². The summed E-state index contributed by atoms with van der Waals surface area (Å²) < 4.78 is 12.3. The van der Waals surface area contributed by atoms with Crippen molar-refractivity contribution in [2.24, 2.45) is 0 Å². The summed E-state index contributed by atoms with van der Waals surface area (Å²) in [6.07, 6.45) is 2.63. The summed E-state index contributed by atoms with van der Waals surface area (Å²) in [6, 6.07) is 5.39. The quantitative estimate of drug-likeness (QED) is 0.724. The largest absolute Gasteiger partial charge is 0.452 e. The maximum absolute atomic E-state index is 12.8. The van der Waals surface area contributed by atoms with E-state index in [1.807, 2.05) is 63.9 Å². The normalized spacial score (nSPS) is 15.9. The van der Waals surface area contributed by atoms with E-state index in [0.29, 0.717) is 17.9 Å². The van der Waals surface area contributed by atoms with Gasteiger partial charge in [0.1, 0.15) is 0 Å². The molecule has 1 aliphatic heterocycles. The Morgan fingerprint density at radius 1 is 1.19 bits per heavy atom. The van der Waals surface area contributed by atoms with Crippen LogP contribution in [0.15, 0.2) is 30.6 Å². The number of hydrogen-bond acceptors (Lipinski definition) is 6. The van der Waals surface area contributed by atoms with Crippen molar-refractivity contribution in [3.8, 4) is 11.1 Å². The molecule has 0 unspecified atom stereocenters. The lowest BCUT2D eigenvalue weighted by Crippen LogP contribution is -2.52. The van der Waals surface area contributed by atoms with Crippen molar-refractivity contribution in [3.05, 3.63) is 30.6 Å². The van der Waals surface area contributed by atoms with E-state index in [4.69, 9.17) is 9.47 Å². The molecule has 2 amide bonds. The highest BCUT2D eigenvalue weighted by molar-refractivity contribution is 6.01. The first-order valence-corrected chi connectivity index (χ1v) is 10.4. The number of methoxy groups -OCH3 is 1. The Hall–Kier alpha value is -3.07. The minimum atomic E-state index is -0.463. The number of carbonyl (C=O) groups excluding carboxylic acids is 2. The zero-order chi connectivity index (χ0) is 22.7. The van der Waals surface area contributed by atoms with Crippen LogP contribution in [0, 0.1) is 0 Å². The lowest BCUT2D eigenvalue weighted by atomic mass is 10.0. The molecule has 0 bridgehead atoms. The number of amides is 2. The summed E-state index contributed by atoms with van der Waals surface area (Å²) in [7, 11) is 5.39. The van der Waals surface area contributed by atoms with Crippen LogP contribution in [0.25, 0.3) is 11.1 Å². The molecule has 1 atom stereocenters. The van der Waals surface area contributed by atoms with Gasteiger partial charge in [-0.1, -0.05) is 6.07 Å². The van der Waals surface area contributed by atoms with E-state index >= 15 is 0 Å². The number of nitrogens with zero attached hydrogens (tertiary/aromatic N) is 5. The van der Waals surface area contributed by atoms with Crippen LogP contribution < -0.4 is 9.80 Å². The second-order valence-corrected chi connectivity index (χ2v) is 8.23. The van der Waals surface area contributed by atoms with Crippen molar-refractivity contribution in [1.82, 2.24) is 14.7 Å². The van der Waals surface area contributed by atoms with Crippen molar-refractivity contribution < 1.29 is 19.1 Å². The minimum absolute atomic E-state index is 0.247. The van der Waals surface area contributed by atoms with Crippen molar-refractivity contribution in [1.29, 1.82) is 0 Å². The van der Waals surface area contributed by atoms with Gasteiger partial charge in [0.15, 0.2) is 0 Å². The van der Waals surface area contributed by atoms with Gasteiger partial charge in [0.2, 0.25) is 0 Å². The Morgan fingerprint density at radius 2 is 1.94 bits per heavy atom. The Bertz CT molecular complexity index is 940. The highest BCUT2D eigenvalue weighted by Crippen LogP contribution is 2.39. The van der Waals surface area contributed by atoms with E-state index in [9.17, 15) is 9.59 Å². The molecule has 1 aromatic heterocycles. The smallest absolute Gasteiger partial charge is 0.414 e. The molecule has 1 aromatic carbocycles. The first-order valence-electron chi connectivity index (χ1n) is 10.4. The first kappa shape index (κ1) is 22.6. The second kappa shape index (κ2) is 9.38. The SMILES string of the molecule is COC(=O)N1c2ccc(-c3cnn(CCN(C)C)c3)cc2N(C(=O)OC(C)C)C[C@@H]1C. The molecule has 9 heteroatoms. The average Bonchev–Trinajstić information content (AvgIpc) is 3.19. The summed E-state index contributed by atoms with van der Waals surface area (Å²) in [5.74, 6) is 0. The summed E-state index contributed by atoms with van der Waals surface area (Å²) >= 11 is 0. The van der Waals surface area contributed by atoms with E-state index in [2.05, 4.69) is 10.00 Å². The van der Waals surface area contributed by atoms with Crippen LogP contribution >= 0.6 is 0 Å².